The molecule has 2 aliphatic rings. The molecule has 2 heterocycles. The predicted molar refractivity (Wildman–Crippen MR) is 112 cm³/mol. The number of rotatable bonds is 3. The monoisotopic (exact) mass is 398 g/mol. The van der Waals surface area contributed by atoms with Gasteiger partial charge in [0.15, 0.2) is 5.13 Å². The van der Waals surface area contributed by atoms with Gasteiger partial charge in [-0.1, -0.05) is 18.2 Å². The van der Waals surface area contributed by atoms with E-state index < -0.39 is 0 Å². The van der Waals surface area contributed by atoms with Crippen molar-refractivity contribution in [2.24, 2.45) is 5.92 Å². The first kappa shape index (κ1) is 18.9. The summed E-state index contributed by atoms with van der Waals surface area (Å²) in [7, 11) is 0. The lowest BCUT2D eigenvalue weighted by molar-refractivity contribution is -0.129. The maximum Gasteiger partial charge on any atom is 0.227 e. The molecular weight excluding hydrogens is 372 g/mol. The molecule has 7 heteroatoms. The van der Waals surface area contributed by atoms with Crippen LogP contribution in [0.25, 0.3) is 0 Å². The second-order valence-corrected chi connectivity index (χ2v) is 8.67. The number of nitrogens with one attached hydrogen (secondary N) is 1. The SMILES string of the molecule is CC(=O)N1CCN(c2nc3c(s2)C[C@@H](C(=O)Nc2ccccc2C)CC3)CC1. The molecule has 1 fully saturated rings. The van der Waals surface area contributed by atoms with Crippen molar-refractivity contribution in [1.29, 1.82) is 0 Å². The van der Waals surface area contributed by atoms with Gasteiger partial charge in [0.25, 0.3) is 0 Å². The van der Waals surface area contributed by atoms with Gasteiger partial charge in [-0.3, -0.25) is 9.59 Å². The van der Waals surface area contributed by atoms with Crippen LogP contribution in [0, 0.1) is 12.8 Å². The van der Waals surface area contributed by atoms with E-state index in [1.807, 2.05) is 36.1 Å². The number of aryl methyl sites for hydroxylation is 2. The third-order valence-electron chi connectivity index (χ3n) is 5.70. The highest BCUT2D eigenvalue weighted by Gasteiger charge is 2.29. The molecule has 148 valence electrons. The average Bonchev–Trinajstić information content (AvgIpc) is 3.13. The second-order valence-electron chi connectivity index (χ2n) is 7.60. The Morgan fingerprint density at radius 3 is 2.64 bits per heavy atom. The van der Waals surface area contributed by atoms with Gasteiger partial charge in [0.05, 0.1) is 5.69 Å². The molecule has 2 amide bonds. The lowest BCUT2D eigenvalue weighted by atomic mass is 9.90. The van der Waals surface area contributed by atoms with Crippen molar-refractivity contribution in [2.75, 3.05) is 36.4 Å². The fourth-order valence-corrected chi connectivity index (χ4v) is 5.12. The Hall–Kier alpha value is -2.41. The third kappa shape index (κ3) is 3.90. The van der Waals surface area contributed by atoms with E-state index in [0.29, 0.717) is 0 Å². The molecule has 0 radical (unpaired) electrons. The van der Waals surface area contributed by atoms with E-state index in [4.69, 9.17) is 4.98 Å². The Bertz CT molecular complexity index is 886. The van der Waals surface area contributed by atoms with Gasteiger partial charge in [-0.15, -0.1) is 11.3 Å². The van der Waals surface area contributed by atoms with E-state index in [0.717, 1.165) is 67.5 Å². The van der Waals surface area contributed by atoms with Crippen LogP contribution >= 0.6 is 11.3 Å². The predicted octanol–water partition coefficient (Wildman–Crippen LogP) is 2.86. The Morgan fingerprint density at radius 2 is 1.93 bits per heavy atom. The van der Waals surface area contributed by atoms with E-state index in [1.54, 1.807) is 18.3 Å². The zero-order valence-electron chi connectivity index (χ0n) is 16.4. The maximum absolute atomic E-state index is 12.8. The summed E-state index contributed by atoms with van der Waals surface area (Å²) in [6.45, 7) is 6.78. The number of aromatic nitrogens is 1. The largest absolute Gasteiger partial charge is 0.345 e. The molecule has 1 aromatic heterocycles. The first-order valence-corrected chi connectivity index (χ1v) is 10.7. The number of carbonyl (C=O) groups excluding carboxylic acids is 2. The van der Waals surface area contributed by atoms with E-state index in [1.165, 1.54) is 4.88 Å². The Morgan fingerprint density at radius 1 is 1.18 bits per heavy atom. The number of nitrogens with zero attached hydrogens (tertiary/aromatic N) is 3. The molecule has 1 aliphatic heterocycles. The van der Waals surface area contributed by atoms with Gasteiger partial charge in [-0.05, 0) is 37.8 Å². The van der Waals surface area contributed by atoms with Crippen molar-refractivity contribution >= 4 is 34.0 Å². The number of amides is 2. The fraction of sp³-hybridized carbons (Fsp3) is 0.476. The van der Waals surface area contributed by atoms with Gasteiger partial charge in [-0.25, -0.2) is 4.98 Å². The van der Waals surface area contributed by atoms with E-state index in [9.17, 15) is 9.59 Å². The Kier molecular flexibility index (Phi) is 5.35. The zero-order valence-corrected chi connectivity index (χ0v) is 17.2. The van der Waals surface area contributed by atoms with Crippen LogP contribution < -0.4 is 10.2 Å². The number of hydrogen-bond acceptors (Lipinski definition) is 5. The molecule has 6 nitrogen and oxygen atoms in total. The van der Waals surface area contributed by atoms with Crippen molar-refractivity contribution in [2.45, 2.75) is 33.1 Å². The zero-order chi connectivity index (χ0) is 19.7. The summed E-state index contributed by atoms with van der Waals surface area (Å²) < 4.78 is 0. The summed E-state index contributed by atoms with van der Waals surface area (Å²) in [4.78, 5) is 34.5. The van der Waals surface area contributed by atoms with Crippen molar-refractivity contribution in [1.82, 2.24) is 9.88 Å². The molecule has 0 spiro atoms. The molecule has 28 heavy (non-hydrogen) atoms. The maximum atomic E-state index is 12.8. The fourth-order valence-electron chi connectivity index (χ4n) is 3.88. The van der Waals surface area contributed by atoms with Crippen molar-refractivity contribution in [3.05, 3.63) is 40.4 Å². The number of hydrogen-bond donors (Lipinski definition) is 1. The van der Waals surface area contributed by atoms with Crippen LogP contribution in [0.15, 0.2) is 24.3 Å². The second kappa shape index (κ2) is 7.91. The van der Waals surface area contributed by atoms with Crippen LogP contribution in [0.4, 0.5) is 10.8 Å². The van der Waals surface area contributed by atoms with E-state index in [2.05, 4.69) is 10.2 Å². The molecule has 4 rings (SSSR count). The number of anilines is 2. The molecule has 1 N–H and O–H groups in total. The molecule has 0 saturated carbocycles. The lowest BCUT2D eigenvalue weighted by Gasteiger charge is -2.33. The molecule has 1 aromatic carbocycles. The highest BCUT2D eigenvalue weighted by Crippen LogP contribution is 2.35. The molecule has 2 aromatic rings. The lowest BCUT2D eigenvalue weighted by Crippen LogP contribution is -2.48. The third-order valence-corrected chi connectivity index (χ3v) is 6.88. The van der Waals surface area contributed by atoms with Crippen molar-refractivity contribution in [3.8, 4) is 0 Å². The van der Waals surface area contributed by atoms with Gasteiger partial charge in [-0.2, -0.15) is 0 Å². The minimum Gasteiger partial charge on any atom is -0.345 e. The Labute approximate surface area is 169 Å². The average molecular weight is 399 g/mol. The van der Waals surface area contributed by atoms with Gasteiger partial charge in [0, 0.05) is 49.6 Å². The van der Waals surface area contributed by atoms with Gasteiger partial charge in [0.2, 0.25) is 11.8 Å². The highest BCUT2D eigenvalue weighted by atomic mass is 32.1. The quantitative estimate of drug-likeness (QED) is 0.863. The van der Waals surface area contributed by atoms with Gasteiger partial charge < -0.3 is 15.1 Å². The van der Waals surface area contributed by atoms with Crippen LogP contribution in [-0.4, -0.2) is 47.9 Å². The summed E-state index contributed by atoms with van der Waals surface area (Å²) >= 11 is 1.71. The summed E-state index contributed by atoms with van der Waals surface area (Å²) in [6, 6.07) is 7.89. The van der Waals surface area contributed by atoms with Crippen molar-refractivity contribution < 1.29 is 9.59 Å². The standard InChI is InChI=1S/C21H26N4O2S/c1-14-5-3-4-6-17(14)22-20(27)16-7-8-18-19(13-16)28-21(23-18)25-11-9-24(10-12-25)15(2)26/h3-6,16H,7-13H2,1-2H3,(H,22,27)/t16-/m0/s1. The number of benzene rings is 1. The van der Waals surface area contributed by atoms with E-state index in [-0.39, 0.29) is 17.7 Å². The number of para-hydroxylation sites is 1. The number of fused-ring (bicyclic) bond motifs is 1. The first-order valence-electron chi connectivity index (χ1n) is 9.87. The van der Waals surface area contributed by atoms with Crippen LogP contribution in [0.2, 0.25) is 0 Å². The number of thiazole rings is 1. The minimum atomic E-state index is -0.00466. The minimum absolute atomic E-state index is 0.00466. The summed E-state index contributed by atoms with van der Waals surface area (Å²) in [5.74, 6) is 0.237. The molecule has 1 aliphatic carbocycles. The van der Waals surface area contributed by atoms with Crippen LogP contribution in [0.1, 0.15) is 29.5 Å². The van der Waals surface area contributed by atoms with E-state index >= 15 is 0 Å². The normalized spacial score (nSPS) is 19.3. The summed E-state index contributed by atoms with van der Waals surface area (Å²) in [6.07, 6.45) is 2.45. The van der Waals surface area contributed by atoms with Crippen molar-refractivity contribution in [3.63, 3.8) is 0 Å². The molecular formula is C21H26N4O2S. The van der Waals surface area contributed by atoms with Gasteiger partial charge in [0.1, 0.15) is 0 Å². The van der Waals surface area contributed by atoms with Crippen LogP contribution in [-0.2, 0) is 22.4 Å². The molecule has 1 atom stereocenters. The number of piperazine rings is 1. The van der Waals surface area contributed by atoms with Crippen LogP contribution in [0.5, 0.6) is 0 Å². The number of carbonyl (C=O) groups is 2. The molecule has 0 unspecified atom stereocenters. The smallest absolute Gasteiger partial charge is 0.227 e. The Balaban J connectivity index is 1.40. The van der Waals surface area contributed by atoms with Gasteiger partial charge >= 0.3 is 0 Å². The molecule has 0 bridgehead atoms. The highest BCUT2D eigenvalue weighted by molar-refractivity contribution is 7.15. The molecule has 1 saturated heterocycles. The topological polar surface area (TPSA) is 65.5 Å². The summed E-state index contributed by atoms with van der Waals surface area (Å²) in [5, 5.41) is 4.13. The van der Waals surface area contributed by atoms with Crippen LogP contribution in [0.3, 0.4) is 0 Å². The first-order chi connectivity index (χ1) is 13.5. The summed E-state index contributed by atoms with van der Waals surface area (Å²) in [5.41, 5.74) is 3.12.